The summed E-state index contributed by atoms with van der Waals surface area (Å²) in [5, 5.41) is 3.38. The molecule has 0 saturated heterocycles. The number of hydrogen-bond donors (Lipinski definition) is 1. The Morgan fingerprint density at radius 1 is 1.44 bits per heavy atom. The van der Waals surface area contributed by atoms with Crippen LogP contribution >= 0.6 is 23.2 Å². The number of carbonyl (C=O) groups is 1. The average molecular weight is 290 g/mol. The average Bonchev–Trinajstić information content (AvgIpc) is 2.34. The number of hydrogen-bond acceptors (Lipinski definition) is 2. The summed E-state index contributed by atoms with van der Waals surface area (Å²) in [6.45, 7) is 2.33. The Balaban J connectivity index is 2.35. The van der Waals surface area contributed by atoms with E-state index in [4.69, 9.17) is 27.9 Å². The standard InChI is InChI=1S/C13H17Cl2NO2/c1-10(13(17)16-8-3-2-7-14)18-12-6-4-5-11(15)9-12/h4-6,9-10H,2-3,7-8H2,1H3,(H,16,17). The first-order valence-electron chi connectivity index (χ1n) is 5.89. The summed E-state index contributed by atoms with van der Waals surface area (Å²) in [5.41, 5.74) is 0. The first kappa shape index (κ1) is 15.1. The van der Waals surface area contributed by atoms with Crippen LogP contribution in [0.2, 0.25) is 5.02 Å². The van der Waals surface area contributed by atoms with Crippen LogP contribution in [0.5, 0.6) is 5.75 Å². The molecule has 0 bridgehead atoms. The predicted molar refractivity (Wildman–Crippen MR) is 74.5 cm³/mol. The van der Waals surface area contributed by atoms with Gasteiger partial charge in [0, 0.05) is 17.4 Å². The van der Waals surface area contributed by atoms with E-state index in [0.717, 1.165) is 12.8 Å². The first-order chi connectivity index (χ1) is 8.63. The summed E-state index contributed by atoms with van der Waals surface area (Å²) < 4.78 is 5.49. The van der Waals surface area contributed by atoms with Crippen LogP contribution in [0.15, 0.2) is 24.3 Å². The molecule has 100 valence electrons. The van der Waals surface area contributed by atoms with Crippen molar-refractivity contribution in [2.24, 2.45) is 0 Å². The van der Waals surface area contributed by atoms with Crippen LogP contribution in [0.3, 0.4) is 0 Å². The van der Waals surface area contributed by atoms with Gasteiger partial charge in [-0.1, -0.05) is 17.7 Å². The lowest BCUT2D eigenvalue weighted by Gasteiger charge is -2.14. The molecule has 0 spiro atoms. The fraction of sp³-hybridized carbons (Fsp3) is 0.462. The minimum atomic E-state index is -0.542. The maximum absolute atomic E-state index is 11.7. The lowest BCUT2D eigenvalue weighted by atomic mass is 10.3. The largest absolute Gasteiger partial charge is 0.481 e. The van der Waals surface area contributed by atoms with E-state index in [9.17, 15) is 4.79 Å². The van der Waals surface area contributed by atoms with E-state index < -0.39 is 6.10 Å². The molecule has 0 aliphatic carbocycles. The fourth-order valence-corrected chi connectivity index (χ4v) is 1.74. The molecule has 1 amide bonds. The van der Waals surface area contributed by atoms with Gasteiger partial charge in [0.2, 0.25) is 0 Å². The third-order valence-corrected chi connectivity index (χ3v) is 2.84. The highest BCUT2D eigenvalue weighted by molar-refractivity contribution is 6.30. The molecule has 0 heterocycles. The second-order valence-electron chi connectivity index (χ2n) is 3.90. The Morgan fingerprint density at radius 2 is 2.22 bits per heavy atom. The van der Waals surface area contributed by atoms with Crippen LogP contribution < -0.4 is 10.1 Å². The zero-order valence-electron chi connectivity index (χ0n) is 10.3. The van der Waals surface area contributed by atoms with E-state index in [1.54, 1.807) is 31.2 Å². The van der Waals surface area contributed by atoms with Crippen molar-refractivity contribution in [1.82, 2.24) is 5.32 Å². The topological polar surface area (TPSA) is 38.3 Å². The second-order valence-corrected chi connectivity index (χ2v) is 4.72. The number of alkyl halides is 1. The number of amides is 1. The predicted octanol–water partition coefficient (Wildman–Crippen LogP) is 3.24. The lowest BCUT2D eigenvalue weighted by molar-refractivity contribution is -0.127. The number of ether oxygens (including phenoxy) is 1. The number of nitrogens with one attached hydrogen (secondary N) is 1. The molecule has 0 aromatic heterocycles. The van der Waals surface area contributed by atoms with E-state index in [1.807, 2.05) is 0 Å². The lowest BCUT2D eigenvalue weighted by Crippen LogP contribution is -2.36. The van der Waals surface area contributed by atoms with Crippen LogP contribution in [-0.4, -0.2) is 24.4 Å². The van der Waals surface area contributed by atoms with Crippen molar-refractivity contribution < 1.29 is 9.53 Å². The van der Waals surface area contributed by atoms with Crippen molar-refractivity contribution in [2.45, 2.75) is 25.9 Å². The molecule has 5 heteroatoms. The smallest absolute Gasteiger partial charge is 0.260 e. The van der Waals surface area contributed by atoms with Gasteiger partial charge in [0.05, 0.1) is 0 Å². The van der Waals surface area contributed by atoms with E-state index in [0.29, 0.717) is 23.2 Å². The van der Waals surface area contributed by atoms with Crippen LogP contribution in [-0.2, 0) is 4.79 Å². The van der Waals surface area contributed by atoms with Gasteiger partial charge in [-0.05, 0) is 38.0 Å². The SMILES string of the molecule is CC(Oc1cccc(Cl)c1)C(=O)NCCCCCl. The Hall–Kier alpha value is -0.930. The Labute approximate surface area is 117 Å². The molecule has 1 rings (SSSR count). The first-order valence-corrected chi connectivity index (χ1v) is 6.80. The monoisotopic (exact) mass is 289 g/mol. The summed E-state index contributed by atoms with van der Waals surface area (Å²) in [4.78, 5) is 11.7. The van der Waals surface area contributed by atoms with Gasteiger partial charge in [-0.3, -0.25) is 4.79 Å². The van der Waals surface area contributed by atoms with Gasteiger partial charge < -0.3 is 10.1 Å². The minimum absolute atomic E-state index is 0.135. The quantitative estimate of drug-likeness (QED) is 0.618. The van der Waals surface area contributed by atoms with E-state index in [2.05, 4.69) is 5.32 Å². The minimum Gasteiger partial charge on any atom is -0.481 e. The number of halogens is 2. The summed E-state index contributed by atoms with van der Waals surface area (Å²) in [5.74, 6) is 1.07. The van der Waals surface area contributed by atoms with E-state index >= 15 is 0 Å². The summed E-state index contributed by atoms with van der Waals surface area (Å²) in [6, 6.07) is 6.98. The molecule has 0 radical (unpaired) electrons. The maximum Gasteiger partial charge on any atom is 0.260 e. The molecule has 3 nitrogen and oxygen atoms in total. The normalized spacial score (nSPS) is 11.9. The maximum atomic E-state index is 11.7. The van der Waals surface area contributed by atoms with Crippen LogP contribution in [0.25, 0.3) is 0 Å². The van der Waals surface area contributed by atoms with Crippen molar-refractivity contribution in [3.8, 4) is 5.75 Å². The number of benzene rings is 1. The highest BCUT2D eigenvalue weighted by Crippen LogP contribution is 2.18. The van der Waals surface area contributed by atoms with Crippen molar-refractivity contribution in [1.29, 1.82) is 0 Å². The molecule has 0 aliphatic rings. The van der Waals surface area contributed by atoms with Gasteiger partial charge in [-0.25, -0.2) is 0 Å². The molecule has 1 N–H and O–H groups in total. The number of carbonyl (C=O) groups excluding carboxylic acids is 1. The van der Waals surface area contributed by atoms with Crippen molar-refractivity contribution >= 4 is 29.1 Å². The molecule has 0 fully saturated rings. The van der Waals surface area contributed by atoms with Gasteiger partial charge in [0.1, 0.15) is 5.75 Å². The number of unbranched alkanes of at least 4 members (excludes halogenated alkanes) is 1. The van der Waals surface area contributed by atoms with E-state index in [1.165, 1.54) is 0 Å². The van der Waals surface area contributed by atoms with Crippen LogP contribution in [0.4, 0.5) is 0 Å². The zero-order chi connectivity index (χ0) is 13.4. The third kappa shape index (κ3) is 5.61. The molecule has 1 atom stereocenters. The molecule has 1 unspecified atom stereocenters. The number of rotatable bonds is 7. The van der Waals surface area contributed by atoms with Crippen molar-refractivity contribution in [2.75, 3.05) is 12.4 Å². The zero-order valence-corrected chi connectivity index (χ0v) is 11.8. The highest BCUT2D eigenvalue weighted by Gasteiger charge is 2.13. The molecule has 0 aliphatic heterocycles. The van der Waals surface area contributed by atoms with Gasteiger partial charge in [0.15, 0.2) is 6.10 Å². The van der Waals surface area contributed by atoms with E-state index in [-0.39, 0.29) is 5.91 Å². The Bertz CT molecular complexity index is 385. The van der Waals surface area contributed by atoms with Gasteiger partial charge in [0.25, 0.3) is 5.91 Å². The van der Waals surface area contributed by atoms with Crippen LogP contribution in [0.1, 0.15) is 19.8 Å². The molecule has 0 saturated carbocycles. The Kier molecular flexibility index (Phi) is 6.91. The third-order valence-electron chi connectivity index (χ3n) is 2.34. The highest BCUT2D eigenvalue weighted by atomic mass is 35.5. The second kappa shape index (κ2) is 8.22. The fourth-order valence-electron chi connectivity index (χ4n) is 1.37. The van der Waals surface area contributed by atoms with Gasteiger partial charge >= 0.3 is 0 Å². The molecule has 1 aromatic carbocycles. The summed E-state index contributed by atoms with van der Waals surface area (Å²) in [7, 11) is 0. The molecular weight excluding hydrogens is 273 g/mol. The summed E-state index contributed by atoms with van der Waals surface area (Å²) >= 11 is 11.4. The molecular formula is C13H17Cl2NO2. The summed E-state index contributed by atoms with van der Waals surface area (Å²) in [6.07, 6.45) is 1.23. The van der Waals surface area contributed by atoms with Gasteiger partial charge in [-0.15, -0.1) is 11.6 Å². The van der Waals surface area contributed by atoms with Crippen molar-refractivity contribution in [3.05, 3.63) is 29.3 Å². The Morgan fingerprint density at radius 3 is 2.89 bits per heavy atom. The van der Waals surface area contributed by atoms with Gasteiger partial charge in [-0.2, -0.15) is 0 Å². The molecule has 18 heavy (non-hydrogen) atoms. The molecule has 1 aromatic rings. The van der Waals surface area contributed by atoms with Crippen LogP contribution in [0, 0.1) is 0 Å². The van der Waals surface area contributed by atoms with Crippen molar-refractivity contribution in [3.63, 3.8) is 0 Å².